The normalized spacial score (nSPS) is 14.1. The van der Waals surface area contributed by atoms with E-state index >= 15 is 0 Å². The highest BCUT2D eigenvalue weighted by Crippen LogP contribution is 2.49. The van der Waals surface area contributed by atoms with Crippen LogP contribution in [0.4, 0.5) is 0 Å². The van der Waals surface area contributed by atoms with Gasteiger partial charge in [0.05, 0.1) is 11.4 Å². The Balaban J connectivity index is 0.782. The summed E-state index contributed by atoms with van der Waals surface area (Å²) in [4.78, 5) is 24.8. The molecule has 12 aromatic rings. The molecule has 0 N–H and O–H groups in total. The molecule has 0 saturated heterocycles. The molecule has 0 radical (unpaired) electrons. The zero-order valence-corrected chi connectivity index (χ0v) is 43.3. The van der Waals surface area contributed by atoms with Gasteiger partial charge in [-0.3, -0.25) is 9.97 Å². The lowest BCUT2D eigenvalue weighted by Gasteiger charge is -2.34. The fourth-order valence-electron chi connectivity index (χ4n) is 10.7. The van der Waals surface area contributed by atoms with Crippen LogP contribution in [0.2, 0.25) is 0 Å². The smallest absolute Gasteiger partial charge is 0.170 e. The molecule has 0 bridgehead atoms. The third-order valence-electron chi connectivity index (χ3n) is 14.8. The van der Waals surface area contributed by atoms with E-state index in [9.17, 15) is 0 Å². The van der Waals surface area contributed by atoms with E-state index in [1.807, 2.05) is 73.1 Å². The molecule has 0 saturated carbocycles. The first kappa shape index (κ1) is 47.8. The van der Waals surface area contributed by atoms with Gasteiger partial charge in [-0.25, -0.2) is 15.0 Å². The van der Waals surface area contributed by atoms with Crippen LogP contribution in [0.15, 0.2) is 285 Å². The quantitative estimate of drug-likeness (QED) is 0.128. The zero-order valence-electron chi connectivity index (χ0n) is 43.3. The molecule has 0 fully saturated rings. The molecule has 4 heterocycles. The molecule has 9 aromatic carbocycles. The van der Waals surface area contributed by atoms with Crippen LogP contribution in [0.1, 0.15) is 0 Å². The van der Waals surface area contributed by atoms with E-state index in [-0.39, 0.29) is 12.2 Å². The SMILES string of the molecule is C1=CC2Oc3c(-c4ccc(-c5ccc(-c6cc(-c7ccccn7)cc(-c7ccccn7)c6)cc5)cc4)ccc(-c4ccc(-c5nc(-c6cccc(-c7ccccc7)c6)nc(-c6cccc(-c7ccccc7)c6)n5)cc4)c3OC2C=C1. The summed E-state index contributed by atoms with van der Waals surface area (Å²) in [6, 6.07) is 86.3. The summed E-state index contributed by atoms with van der Waals surface area (Å²) in [6.07, 6.45) is 11.3. The van der Waals surface area contributed by atoms with Crippen molar-refractivity contribution in [3.05, 3.63) is 285 Å². The molecule has 7 heteroatoms. The van der Waals surface area contributed by atoms with E-state index in [1.54, 1.807) is 0 Å². The summed E-state index contributed by atoms with van der Waals surface area (Å²) in [5.74, 6) is 3.18. The summed E-state index contributed by atoms with van der Waals surface area (Å²) >= 11 is 0. The highest BCUT2D eigenvalue weighted by Gasteiger charge is 2.33. The number of hydrogen-bond acceptors (Lipinski definition) is 7. The second-order valence-corrected chi connectivity index (χ2v) is 19.9. The van der Waals surface area contributed by atoms with Gasteiger partial charge in [-0.15, -0.1) is 0 Å². The molecule has 1 aliphatic carbocycles. The van der Waals surface area contributed by atoms with Gasteiger partial charge in [0, 0.05) is 51.3 Å². The van der Waals surface area contributed by atoms with Gasteiger partial charge in [0.2, 0.25) is 0 Å². The molecule has 3 aromatic heterocycles. The number of ether oxygens (including phenoxy) is 2. The first-order valence-electron chi connectivity index (χ1n) is 26.8. The van der Waals surface area contributed by atoms with Gasteiger partial charge in [0.1, 0.15) is 0 Å². The average molecular weight is 1030 g/mol. The van der Waals surface area contributed by atoms with Gasteiger partial charge in [-0.1, -0.05) is 194 Å². The Labute approximate surface area is 464 Å². The van der Waals surface area contributed by atoms with Gasteiger partial charge in [-0.05, 0) is 135 Å². The molecule has 0 amide bonds. The fraction of sp³-hybridized carbons (Fsp3) is 0.0274. The van der Waals surface area contributed by atoms with Gasteiger partial charge in [-0.2, -0.15) is 0 Å². The Morgan fingerprint density at radius 1 is 0.250 bits per heavy atom. The fourth-order valence-corrected chi connectivity index (χ4v) is 10.7. The van der Waals surface area contributed by atoms with Crippen molar-refractivity contribution in [3.63, 3.8) is 0 Å². The van der Waals surface area contributed by atoms with Crippen LogP contribution in [0, 0.1) is 0 Å². The van der Waals surface area contributed by atoms with Crippen molar-refractivity contribution < 1.29 is 9.47 Å². The van der Waals surface area contributed by atoms with Crippen LogP contribution >= 0.6 is 0 Å². The Hall–Kier alpha value is -10.6. The van der Waals surface area contributed by atoms with Gasteiger partial charge < -0.3 is 9.47 Å². The maximum absolute atomic E-state index is 6.91. The van der Waals surface area contributed by atoms with Gasteiger partial charge >= 0.3 is 0 Å². The number of nitrogens with zero attached hydrogens (tertiary/aromatic N) is 5. The number of fused-ring (bicyclic) bond motifs is 2. The zero-order chi connectivity index (χ0) is 53.2. The maximum atomic E-state index is 6.91. The molecular weight excluding hydrogens is 979 g/mol. The van der Waals surface area contributed by atoms with Crippen LogP contribution in [0.3, 0.4) is 0 Å². The van der Waals surface area contributed by atoms with Crippen molar-refractivity contribution in [1.29, 1.82) is 0 Å². The number of pyridine rings is 2. The first-order chi connectivity index (χ1) is 39.6. The van der Waals surface area contributed by atoms with E-state index in [0.29, 0.717) is 29.0 Å². The average Bonchev–Trinajstić information content (AvgIpc) is 3.56. The first-order valence-corrected chi connectivity index (χ1v) is 26.8. The van der Waals surface area contributed by atoms with E-state index in [0.717, 1.165) is 106 Å². The van der Waals surface area contributed by atoms with Crippen LogP contribution in [0.25, 0.3) is 123 Å². The predicted octanol–water partition coefficient (Wildman–Crippen LogP) is 17.6. The number of rotatable bonds is 11. The van der Waals surface area contributed by atoms with Crippen molar-refractivity contribution >= 4 is 0 Å². The van der Waals surface area contributed by atoms with Crippen LogP contribution in [0.5, 0.6) is 11.5 Å². The van der Waals surface area contributed by atoms with Crippen LogP contribution in [-0.2, 0) is 0 Å². The Kier molecular flexibility index (Phi) is 12.6. The maximum Gasteiger partial charge on any atom is 0.170 e. The minimum atomic E-state index is -0.270. The van der Waals surface area contributed by atoms with Crippen molar-refractivity contribution in [2.45, 2.75) is 12.2 Å². The standard InChI is InChI=1S/C73H49N5O2/c1-3-15-48(16-4-1)56-19-13-21-58(43-56)72-76-71(77-73(78-72)59-22-14-20-57(44-59)49-17-5-2-6-18-49)55-37-35-54(36-38-55)64-40-39-63(69-70(64)80-68-26-8-7-25-67(68)79-69)53-33-31-51(32-34-53)50-27-29-52(30-28-50)60-45-61(65-23-9-11-41-74-65)47-62(46-60)66-24-10-12-42-75-66/h1-47,67-68H. The van der Waals surface area contributed by atoms with Crippen molar-refractivity contribution in [2.24, 2.45) is 0 Å². The number of hydrogen-bond donors (Lipinski definition) is 0. The minimum absolute atomic E-state index is 0.264. The van der Waals surface area contributed by atoms with E-state index in [4.69, 9.17) is 24.4 Å². The molecule has 0 spiro atoms. The highest BCUT2D eigenvalue weighted by molar-refractivity contribution is 5.86. The molecule has 1 aliphatic heterocycles. The lowest BCUT2D eigenvalue weighted by Crippen LogP contribution is -2.38. The molecule has 2 unspecified atom stereocenters. The van der Waals surface area contributed by atoms with Crippen molar-refractivity contribution in [1.82, 2.24) is 24.9 Å². The van der Waals surface area contributed by atoms with E-state index in [2.05, 4.69) is 222 Å². The van der Waals surface area contributed by atoms with E-state index < -0.39 is 0 Å². The van der Waals surface area contributed by atoms with Gasteiger partial charge in [0.15, 0.2) is 41.2 Å². The Morgan fingerprint density at radius 3 is 1.02 bits per heavy atom. The Morgan fingerprint density at radius 2 is 0.588 bits per heavy atom. The molecule has 14 rings (SSSR count). The molecule has 80 heavy (non-hydrogen) atoms. The third kappa shape index (κ3) is 9.65. The second kappa shape index (κ2) is 21.1. The summed E-state index contributed by atoms with van der Waals surface area (Å²) < 4.78 is 13.8. The third-order valence-corrected chi connectivity index (χ3v) is 14.8. The van der Waals surface area contributed by atoms with Gasteiger partial charge in [0.25, 0.3) is 0 Å². The lowest BCUT2D eigenvalue weighted by atomic mass is 9.93. The number of aromatic nitrogens is 5. The summed E-state index contributed by atoms with van der Waals surface area (Å²) in [5, 5.41) is 0. The predicted molar refractivity (Wildman–Crippen MR) is 322 cm³/mol. The number of benzene rings is 9. The lowest BCUT2D eigenvalue weighted by molar-refractivity contribution is 0.0769. The summed E-state index contributed by atoms with van der Waals surface area (Å²) in [5.41, 5.74) is 19.3. The molecule has 378 valence electrons. The molecular formula is C73H49N5O2. The van der Waals surface area contributed by atoms with Crippen LogP contribution < -0.4 is 9.47 Å². The van der Waals surface area contributed by atoms with Crippen LogP contribution in [-0.4, -0.2) is 37.1 Å². The van der Waals surface area contributed by atoms with Crippen molar-refractivity contribution in [2.75, 3.05) is 0 Å². The number of allylic oxidation sites excluding steroid dienone is 2. The minimum Gasteiger partial charge on any atom is -0.478 e. The molecule has 7 nitrogen and oxygen atoms in total. The monoisotopic (exact) mass is 1030 g/mol. The Bertz CT molecular complexity index is 4100. The largest absolute Gasteiger partial charge is 0.478 e. The topological polar surface area (TPSA) is 82.9 Å². The summed E-state index contributed by atoms with van der Waals surface area (Å²) in [6.45, 7) is 0. The second-order valence-electron chi connectivity index (χ2n) is 19.9. The highest BCUT2D eigenvalue weighted by atomic mass is 16.6. The summed E-state index contributed by atoms with van der Waals surface area (Å²) in [7, 11) is 0. The molecule has 2 atom stereocenters. The molecule has 2 aliphatic rings. The van der Waals surface area contributed by atoms with E-state index in [1.165, 1.54) is 0 Å². The van der Waals surface area contributed by atoms with Crippen molar-refractivity contribution in [3.8, 4) is 135 Å².